The summed E-state index contributed by atoms with van der Waals surface area (Å²) in [5.41, 5.74) is 6.94. The summed E-state index contributed by atoms with van der Waals surface area (Å²) in [6, 6.07) is 24.3. The minimum Gasteiger partial charge on any atom is -0.358 e. The van der Waals surface area contributed by atoms with Crippen molar-refractivity contribution in [3.8, 4) is 0 Å². The fourth-order valence-corrected chi connectivity index (χ4v) is 4.01. The van der Waals surface area contributed by atoms with Crippen molar-refractivity contribution < 1.29 is 4.79 Å². The first-order valence-corrected chi connectivity index (χ1v) is 10.0. The minimum absolute atomic E-state index is 0.0593. The van der Waals surface area contributed by atoms with Crippen LogP contribution in [0.2, 0.25) is 0 Å². The first-order valence-electron chi connectivity index (χ1n) is 10.0. The highest BCUT2D eigenvalue weighted by molar-refractivity contribution is 6.08. The van der Waals surface area contributed by atoms with Gasteiger partial charge in [0.15, 0.2) is 0 Å². The summed E-state index contributed by atoms with van der Waals surface area (Å²) < 4.78 is 2.14. The van der Waals surface area contributed by atoms with Crippen molar-refractivity contribution in [2.45, 2.75) is 20.0 Å². The third kappa shape index (κ3) is 3.35. The molecule has 0 bridgehead atoms. The van der Waals surface area contributed by atoms with Crippen LogP contribution in [-0.2, 0) is 13.1 Å². The number of fused-ring (bicyclic) bond motifs is 2. The van der Waals surface area contributed by atoms with E-state index in [1.807, 2.05) is 67.8 Å². The number of carbonyl (C=O) groups excluding carboxylic acids is 1. The van der Waals surface area contributed by atoms with Crippen LogP contribution in [0.15, 0.2) is 79.1 Å². The van der Waals surface area contributed by atoms with Gasteiger partial charge in [0.25, 0.3) is 5.91 Å². The van der Waals surface area contributed by atoms with E-state index in [0.29, 0.717) is 12.1 Å². The lowest BCUT2D eigenvalue weighted by atomic mass is 10.1. The lowest BCUT2D eigenvalue weighted by Gasteiger charge is -2.09. The van der Waals surface area contributed by atoms with Crippen molar-refractivity contribution in [2.75, 3.05) is 0 Å². The molecule has 1 amide bonds. The molecule has 3 aromatic carbocycles. The zero-order valence-electron chi connectivity index (χ0n) is 16.7. The zero-order valence-corrected chi connectivity index (χ0v) is 16.7. The molecule has 0 aliphatic carbocycles. The third-order valence-corrected chi connectivity index (χ3v) is 5.45. The normalized spacial score (nSPS) is 11.2. The quantitative estimate of drug-likeness (QED) is 0.450. The Labute approximate surface area is 174 Å². The third-order valence-electron chi connectivity index (χ3n) is 5.45. The average Bonchev–Trinajstić information content (AvgIpc) is 3.32. The van der Waals surface area contributed by atoms with Crippen LogP contribution in [0.5, 0.6) is 0 Å². The first-order chi connectivity index (χ1) is 14.7. The van der Waals surface area contributed by atoms with Crippen LogP contribution < -0.4 is 5.32 Å². The number of H-pyrrole nitrogens is 1. The maximum absolute atomic E-state index is 12.9. The second kappa shape index (κ2) is 7.52. The number of aromatic amines is 1. The summed E-state index contributed by atoms with van der Waals surface area (Å²) >= 11 is 0. The van der Waals surface area contributed by atoms with Crippen LogP contribution in [0, 0.1) is 6.92 Å². The Morgan fingerprint density at radius 2 is 1.80 bits per heavy atom. The Balaban J connectivity index is 1.32. The molecule has 2 heterocycles. The van der Waals surface area contributed by atoms with E-state index in [1.165, 1.54) is 5.56 Å². The molecular weight excluding hydrogens is 372 g/mol. The van der Waals surface area contributed by atoms with Gasteiger partial charge in [-0.15, -0.1) is 0 Å². The number of carbonyl (C=O) groups is 1. The van der Waals surface area contributed by atoms with Crippen molar-refractivity contribution in [1.29, 1.82) is 0 Å². The number of para-hydroxylation sites is 3. The number of amides is 1. The number of aromatic nitrogens is 3. The monoisotopic (exact) mass is 394 g/mol. The maximum Gasteiger partial charge on any atom is 0.253 e. The zero-order chi connectivity index (χ0) is 20.5. The van der Waals surface area contributed by atoms with Crippen molar-refractivity contribution >= 4 is 27.8 Å². The van der Waals surface area contributed by atoms with Crippen molar-refractivity contribution in [1.82, 2.24) is 19.9 Å². The number of nitrogens with zero attached hydrogens (tertiary/aromatic N) is 2. The molecule has 0 atom stereocenters. The van der Waals surface area contributed by atoms with Gasteiger partial charge in [-0.2, -0.15) is 0 Å². The molecule has 148 valence electrons. The van der Waals surface area contributed by atoms with Gasteiger partial charge in [0.1, 0.15) is 0 Å². The van der Waals surface area contributed by atoms with Gasteiger partial charge in [0.2, 0.25) is 0 Å². The molecule has 0 saturated heterocycles. The lowest BCUT2D eigenvalue weighted by molar-refractivity contribution is 0.0952. The average molecular weight is 394 g/mol. The predicted octanol–water partition coefficient (Wildman–Crippen LogP) is 4.80. The summed E-state index contributed by atoms with van der Waals surface area (Å²) in [6.07, 6.45) is 1.87. The van der Waals surface area contributed by atoms with E-state index in [4.69, 9.17) is 0 Å². The van der Waals surface area contributed by atoms with E-state index in [0.717, 1.165) is 39.7 Å². The summed E-state index contributed by atoms with van der Waals surface area (Å²) in [4.78, 5) is 20.6. The number of benzene rings is 3. The molecule has 5 aromatic rings. The summed E-state index contributed by atoms with van der Waals surface area (Å²) in [7, 11) is 0. The molecule has 0 spiro atoms. The Morgan fingerprint density at radius 1 is 1.00 bits per heavy atom. The molecule has 0 fully saturated rings. The van der Waals surface area contributed by atoms with Crippen LogP contribution in [0.1, 0.15) is 27.2 Å². The van der Waals surface area contributed by atoms with Gasteiger partial charge in [0, 0.05) is 29.7 Å². The van der Waals surface area contributed by atoms with Gasteiger partial charge < -0.3 is 14.9 Å². The minimum atomic E-state index is -0.0593. The largest absolute Gasteiger partial charge is 0.358 e. The van der Waals surface area contributed by atoms with Gasteiger partial charge in [-0.25, -0.2) is 4.98 Å². The highest BCUT2D eigenvalue weighted by Crippen LogP contribution is 2.22. The highest BCUT2D eigenvalue weighted by atomic mass is 16.1. The van der Waals surface area contributed by atoms with Crippen LogP contribution >= 0.6 is 0 Å². The molecule has 0 unspecified atom stereocenters. The Bertz CT molecular complexity index is 1360. The molecule has 5 heteroatoms. The van der Waals surface area contributed by atoms with E-state index in [9.17, 15) is 4.79 Å². The van der Waals surface area contributed by atoms with Crippen LogP contribution in [-0.4, -0.2) is 20.4 Å². The van der Waals surface area contributed by atoms with Gasteiger partial charge in [-0.1, -0.05) is 54.6 Å². The fraction of sp³-hybridized carbons (Fsp3) is 0.120. The summed E-state index contributed by atoms with van der Waals surface area (Å²) in [5.74, 6) is -0.0593. The molecule has 0 radical (unpaired) electrons. The molecule has 0 aliphatic rings. The van der Waals surface area contributed by atoms with Gasteiger partial charge in [-0.05, 0) is 36.2 Å². The Hall–Kier alpha value is -3.86. The van der Waals surface area contributed by atoms with Gasteiger partial charge in [0.05, 0.1) is 22.9 Å². The smallest absolute Gasteiger partial charge is 0.253 e. The molecule has 0 aliphatic heterocycles. The lowest BCUT2D eigenvalue weighted by Crippen LogP contribution is -2.23. The van der Waals surface area contributed by atoms with E-state index in [2.05, 4.69) is 38.1 Å². The Morgan fingerprint density at radius 3 is 2.73 bits per heavy atom. The fourth-order valence-electron chi connectivity index (χ4n) is 4.01. The van der Waals surface area contributed by atoms with Crippen molar-refractivity contribution in [3.63, 3.8) is 0 Å². The number of rotatable bonds is 5. The predicted molar refractivity (Wildman–Crippen MR) is 119 cm³/mol. The molecular formula is C25H22N4O. The summed E-state index contributed by atoms with van der Waals surface area (Å²) in [5, 5.41) is 4.02. The topological polar surface area (TPSA) is 62.7 Å². The number of hydrogen-bond donors (Lipinski definition) is 2. The standard InChI is InChI=1S/C25H22N4O/c1-17-24(20-9-2-3-10-21(20)28-17)25(30)26-14-18-7-6-8-19(13-18)15-29-16-27-22-11-4-5-12-23(22)29/h2-13,16,28H,14-15H2,1H3,(H,26,30). The van der Waals surface area contributed by atoms with Crippen LogP contribution in [0.4, 0.5) is 0 Å². The van der Waals surface area contributed by atoms with Crippen molar-refractivity contribution in [3.05, 3.63) is 102 Å². The molecule has 2 N–H and O–H groups in total. The van der Waals surface area contributed by atoms with E-state index < -0.39 is 0 Å². The van der Waals surface area contributed by atoms with Crippen LogP contribution in [0.25, 0.3) is 21.9 Å². The molecule has 30 heavy (non-hydrogen) atoms. The van der Waals surface area contributed by atoms with E-state index >= 15 is 0 Å². The molecule has 5 rings (SSSR count). The van der Waals surface area contributed by atoms with Gasteiger partial charge >= 0.3 is 0 Å². The highest BCUT2D eigenvalue weighted by Gasteiger charge is 2.15. The number of imidazole rings is 1. The molecule has 0 saturated carbocycles. The number of nitrogens with one attached hydrogen (secondary N) is 2. The molecule has 2 aromatic heterocycles. The molecule has 5 nitrogen and oxygen atoms in total. The first kappa shape index (κ1) is 18.2. The van der Waals surface area contributed by atoms with Crippen LogP contribution in [0.3, 0.4) is 0 Å². The van der Waals surface area contributed by atoms with Gasteiger partial charge in [-0.3, -0.25) is 4.79 Å². The number of aryl methyl sites for hydroxylation is 1. The Kier molecular flexibility index (Phi) is 4.56. The number of hydrogen-bond acceptors (Lipinski definition) is 2. The second-order valence-electron chi connectivity index (χ2n) is 7.53. The van der Waals surface area contributed by atoms with E-state index in [-0.39, 0.29) is 5.91 Å². The van der Waals surface area contributed by atoms with E-state index in [1.54, 1.807) is 0 Å². The maximum atomic E-state index is 12.9. The van der Waals surface area contributed by atoms with Crippen molar-refractivity contribution in [2.24, 2.45) is 0 Å². The second-order valence-corrected chi connectivity index (χ2v) is 7.53. The summed E-state index contributed by atoms with van der Waals surface area (Å²) in [6.45, 7) is 3.16. The SMILES string of the molecule is Cc1[nH]c2ccccc2c1C(=O)NCc1cccc(Cn2cnc3ccccc32)c1.